The summed E-state index contributed by atoms with van der Waals surface area (Å²) in [6.45, 7) is 1.92. The lowest BCUT2D eigenvalue weighted by Gasteiger charge is -2.07. The van der Waals surface area contributed by atoms with Gasteiger partial charge in [-0.2, -0.15) is 0 Å². The maximum Gasteiger partial charge on any atom is 0.275 e. The normalized spacial score (nSPS) is 9.89. The summed E-state index contributed by atoms with van der Waals surface area (Å²) in [6, 6.07) is 7.50. The molecule has 0 aliphatic carbocycles. The third kappa shape index (κ3) is 2.61. The van der Waals surface area contributed by atoms with Crippen molar-refractivity contribution in [3.8, 4) is 0 Å². The Morgan fingerprint density at radius 1 is 1.28 bits per heavy atom. The van der Waals surface area contributed by atoms with Crippen molar-refractivity contribution in [2.45, 2.75) is 6.92 Å². The van der Waals surface area contributed by atoms with E-state index in [1.165, 1.54) is 12.4 Å². The molecule has 6 heteroatoms. The van der Waals surface area contributed by atoms with E-state index in [-0.39, 0.29) is 11.6 Å². The number of carbonyl (C=O) groups is 1. The molecule has 2 rings (SSSR count). The number of aromatic nitrogens is 2. The molecule has 1 heterocycles. The highest BCUT2D eigenvalue weighted by Crippen LogP contribution is 2.14. The summed E-state index contributed by atoms with van der Waals surface area (Å²) < 4.78 is 0. The van der Waals surface area contributed by atoms with Gasteiger partial charge in [-0.05, 0) is 18.6 Å². The van der Waals surface area contributed by atoms with Crippen LogP contribution in [0.5, 0.6) is 0 Å². The van der Waals surface area contributed by atoms with Gasteiger partial charge in [-0.1, -0.05) is 18.2 Å². The van der Waals surface area contributed by atoms with Crippen molar-refractivity contribution in [2.75, 3.05) is 10.7 Å². The molecule has 0 bridgehead atoms. The Morgan fingerprint density at radius 2 is 2.06 bits per heavy atom. The van der Waals surface area contributed by atoms with E-state index in [9.17, 15) is 4.79 Å². The predicted molar refractivity (Wildman–Crippen MR) is 69.0 cm³/mol. The number of nitrogens with one attached hydrogen (secondary N) is 2. The third-order valence-electron chi connectivity index (χ3n) is 2.41. The van der Waals surface area contributed by atoms with Crippen molar-refractivity contribution < 1.29 is 4.79 Å². The van der Waals surface area contributed by atoms with Gasteiger partial charge in [0.2, 0.25) is 0 Å². The maximum absolute atomic E-state index is 12.0. The highest BCUT2D eigenvalue weighted by molar-refractivity contribution is 6.03. The number of rotatable bonds is 3. The standard InChI is InChI=1S/C12H13N5O/c1-8-4-2-3-5-9(8)16-12(18)10-6-14-7-11(15-10)17-13/h2-7H,13H2,1H3,(H,15,17)(H,16,18). The van der Waals surface area contributed by atoms with Crippen molar-refractivity contribution in [3.05, 3.63) is 47.9 Å². The lowest BCUT2D eigenvalue weighted by atomic mass is 10.2. The van der Waals surface area contributed by atoms with Crippen molar-refractivity contribution >= 4 is 17.4 Å². The van der Waals surface area contributed by atoms with Crippen LogP contribution in [0, 0.1) is 6.92 Å². The van der Waals surface area contributed by atoms with Gasteiger partial charge in [0.05, 0.1) is 12.4 Å². The highest BCUT2D eigenvalue weighted by Gasteiger charge is 2.09. The SMILES string of the molecule is Cc1ccccc1NC(=O)c1cncc(NN)n1. The second-order valence-corrected chi connectivity index (χ2v) is 3.70. The molecule has 1 amide bonds. The van der Waals surface area contributed by atoms with Crippen LogP contribution in [-0.2, 0) is 0 Å². The largest absolute Gasteiger partial charge is 0.320 e. The smallest absolute Gasteiger partial charge is 0.275 e. The zero-order valence-corrected chi connectivity index (χ0v) is 9.84. The lowest BCUT2D eigenvalue weighted by molar-refractivity contribution is 0.102. The van der Waals surface area contributed by atoms with Crippen LogP contribution in [0.4, 0.5) is 11.5 Å². The number of aryl methyl sites for hydroxylation is 1. The number of hydrazine groups is 1. The Balaban J connectivity index is 2.19. The number of amides is 1. The number of para-hydroxylation sites is 1. The summed E-state index contributed by atoms with van der Waals surface area (Å²) in [5.41, 5.74) is 4.27. The minimum absolute atomic E-state index is 0.203. The minimum atomic E-state index is -0.325. The van der Waals surface area contributed by atoms with Gasteiger partial charge < -0.3 is 10.7 Å². The molecule has 4 N–H and O–H groups in total. The topological polar surface area (TPSA) is 92.9 Å². The molecule has 0 unspecified atom stereocenters. The minimum Gasteiger partial charge on any atom is -0.320 e. The molecular weight excluding hydrogens is 230 g/mol. The molecule has 1 aromatic carbocycles. The first kappa shape index (κ1) is 12.0. The van der Waals surface area contributed by atoms with Crippen LogP contribution in [0.1, 0.15) is 16.1 Å². The number of nitrogen functional groups attached to an aromatic ring is 1. The second-order valence-electron chi connectivity index (χ2n) is 3.70. The molecule has 0 saturated heterocycles. The average molecular weight is 243 g/mol. The highest BCUT2D eigenvalue weighted by atomic mass is 16.1. The van der Waals surface area contributed by atoms with Crippen LogP contribution in [-0.4, -0.2) is 15.9 Å². The van der Waals surface area contributed by atoms with Gasteiger partial charge in [0.1, 0.15) is 5.69 Å². The van der Waals surface area contributed by atoms with E-state index in [1.807, 2.05) is 31.2 Å². The monoisotopic (exact) mass is 243 g/mol. The summed E-state index contributed by atoms with van der Waals surface area (Å²) in [6.07, 6.45) is 2.82. The van der Waals surface area contributed by atoms with Gasteiger partial charge in [-0.15, -0.1) is 0 Å². The third-order valence-corrected chi connectivity index (χ3v) is 2.41. The molecule has 6 nitrogen and oxygen atoms in total. The van der Waals surface area contributed by atoms with Gasteiger partial charge in [-0.25, -0.2) is 10.8 Å². The Hall–Kier alpha value is -2.47. The Kier molecular flexibility index (Phi) is 3.49. The first-order valence-corrected chi connectivity index (χ1v) is 5.36. The van der Waals surface area contributed by atoms with E-state index in [2.05, 4.69) is 20.7 Å². The Labute approximate surface area is 104 Å². The van der Waals surface area contributed by atoms with Crippen LogP contribution in [0.25, 0.3) is 0 Å². The van der Waals surface area contributed by atoms with E-state index in [4.69, 9.17) is 5.84 Å². The van der Waals surface area contributed by atoms with Crippen molar-refractivity contribution in [1.29, 1.82) is 0 Å². The molecule has 0 radical (unpaired) electrons. The average Bonchev–Trinajstić information content (AvgIpc) is 2.41. The zero-order valence-electron chi connectivity index (χ0n) is 9.84. The van der Waals surface area contributed by atoms with Crippen LogP contribution in [0.15, 0.2) is 36.7 Å². The zero-order chi connectivity index (χ0) is 13.0. The lowest BCUT2D eigenvalue weighted by Crippen LogP contribution is -2.17. The Bertz CT molecular complexity index is 570. The first-order chi connectivity index (χ1) is 8.70. The molecule has 0 aliphatic heterocycles. The van der Waals surface area contributed by atoms with Crippen molar-refractivity contribution in [2.24, 2.45) is 5.84 Å². The molecule has 0 atom stereocenters. The molecule has 0 spiro atoms. The van der Waals surface area contributed by atoms with Crippen LogP contribution in [0.2, 0.25) is 0 Å². The number of nitrogens with two attached hydrogens (primary N) is 1. The summed E-state index contributed by atoms with van der Waals surface area (Å²) in [7, 11) is 0. The fraction of sp³-hybridized carbons (Fsp3) is 0.0833. The van der Waals surface area contributed by atoms with Crippen molar-refractivity contribution in [1.82, 2.24) is 9.97 Å². The number of hydrogen-bond acceptors (Lipinski definition) is 5. The van der Waals surface area contributed by atoms with Gasteiger partial charge in [0, 0.05) is 5.69 Å². The summed E-state index contributed by atoms with van der Waals surface area (Å²) in [5, 5.41) is 2.77. The van der Waals surface area contributed by atoms with Gasteiger partial charge in [0.25, 0.3) is 5.91 Å². The second kappa shape index (κ2) is 5.24. The fourth-order valence-corrected chi connectivity index (χ4v) is 1.44. The van der Waals surface area contributed by atoms with Crippen LogP contribution in [0.3, 0.4) is 0 Å². The quantitative estimate of drug-likeness (QED) is 0.558. The molecule has 92 valence electrons. The molecule has 0 fully saturated rings. The maximum atomic E-state index is 12.0. The molecule has 18 heavy (non-hydrogen) atoms. The molecular formula is C12H13N5O. The number of hydrogen-bond donors (Lipinski definition) is 3. The summed E-state index contributed by atoms with van der Waals surface area (Å²) in [4.78, 5) is 19.8. The van der Waals surface area contributed by atoms with Crippen LogP contribution < -0.4 is 16.6 Å². The van der Waals surface area contributed by atoms with E-state index < -0.39 is 0 Å². The summed E-state index contributed by atoms with van der Waals surface area (Å²) >= 11 is 0. The van der Waals surface area contributed by atoms with E-state index in [0.717, 1.165) is 11.3 Å². The predicted octanol–water partition coefficient (Wildman–Crippen LogP) is 1.32. The van der Waals surface area contributed by atoms with E-state index in [0.29, 0.717) is 5.82 Å². The molecule has 1 aromatic heterocycles. The molecule has 0 saturated carbocycles. The number of anilines is 2. The van der Waals surface area contributed by atoms with Gasteiger partial charge in [0.15, 0.2) is 5.82 Å². The fourth-order valence-electron chi connectivity index (χ4n) is 1.44. The Morgan fingerprint density at radius 3 is 2.78 bits per heavy atom. The number of carbonyl (C=O) groups excluding carboxylic acids is 1. The van der Waals surface area contributed by atoms with E-state index >= 15 is 0 Å². The molecule has 0 aliphatic rings. The number of benzene rings is 1. The van der Waals surface area contributed by atoms with Gasteiger partial charge in [-0.3, -0.25) is 9.78 Å². The van der Waals surface area contributed by atoms with Crippen LogP contribution >= 0.6 is 0 Å². The summed E-state index contributed by atoms with van der Waals surface area (Å²) in [5.74, 6) is 5.23. The molecule has 2 aromatic rings. The number of nitrogens with zero attached hydrogens (tertiary/aromatic N) is 2. The van der Waals surface area contributed by atoms with Crippen molar-refractivity contribution in [3.63, 3.8) is 0 Å². The van der Waals surface area contributed by atoms with E-state index in [1.54, 1.807) is 0 Å². The first-order valence-electron chi connectivity index (χ1n) is 5.36. The van der Waals surface area contributed by atoms with Gasteiger partial charge >= 0.3 is 0 Å².